The van der Waals surface area contributed by atoms with Crippen molar-refractivity contribution in [1.82, 2.24) is 9.47 Å². The fourth-order valence-electron chi connectivity index (χ4n) is 4.67. The molecule has 0 spiro atoms. The van der Waals surface area contributed by atoms with E-state index in [0.29, 0.717) is 5.92 Å². The number of Topliss-reactive ketones (excluding diaryl/α,β-unsaturated/α-hetero) is 1. The van der Waals surface area contributed by atoms with Crippen LogP contribution >= 0.6 is 22.6 Å². The third-order valence-corrected chi connectivity index (χ3v) is 7.82. The third kappa shape index (κ3) is 5.74. The highest BCUT2D eigenvalue weighted by Gasteiger charge is 2.26. The molecule has 0 aliphatic heterocycles. The number of carbonyl (C=O) groups is 3. The molecule has 36 heavy (non-hydrogen) atoms. The normalized spacial score (nSPS) is 13.2. The van der Waals surface area contributed by atoms with E-state index >= 15 is 0 Å². The van der Waals surface area contributed by atoms with Crippen LogP contribution in [-0.4, -0.2) is 50.4 Å². The lowest BCUT2D eigenvalue weighted by Gasteiger charge is -2.22. The number of fused-ring (bicyclic) bond motifs is 1. The third-order valence-electron chi connectivity index (χ3n) is 6.73. The Morgan fingerprint density at radius 3 is 2.56 bits per heavy atom. The molecule has 0 atom stereocenters. The first kappa shape index (κ1) is 26.2. The number of carboxylic acids is 1. The lowest BCUT2D eigenvalue weighted by molar-refractivity contribution is -0.133. The summed E-state index contributed by atoms with van der Waals surface area (Å²) in [5, 5.41) is 20.3. The molecule has 0 radical (unpaired) electrons. The van der Waals surface area contributed by atoms with Crippen molar-refractivity contribution in [2.75, 3.05) is 13.1 Å². The maximum atomic E-state index is 12.7. The Bertz CT molecular complexity index is 1330. The minimum absolute atomic E-state index is 0.0335. The zero-order valence-corrected chi connectivity index (χ0v) is 22.7. The summed E-state index contributed by atoms with van der Waals surface area (Å²) in [5.41, 5.74) is 3.23. The van der Waals surface area contributed by atoms with Crippen LogP contribution in [0.5, 0.6) is 5.75 Å². The number of aromatic hydroxyl groups is 1. The molecule has 4 rings (SSSR count). The van der Waals surface area contributed by atoms with Crippen molar-refractivity contribution in [2.24, 2.45) is 13.0 Å². The Hall–Kier alpha value is -2.88. The van der Waals surface area contributed by atoms with Crippen LogP contribution in [0.2, 0.25) is 0 Å². The molecule has 3 aromatic rings. The highest BCUT2D eigenvalue weighted by molar-refractivity contribution is 14.1. The molecule has 1 amide bonds. The second kappa shape index (κ2) is 11.0. The first-order valence-electron chi connectivity index (χ1n) is 12.3. The number of nitrogens with zero attached hydrogens (tertiary/aromatic N) is 2. The number of phenols is 1. The predicted octanol–water partition coefficient (Wildman–Crippen LogP) is 5.39. The van der Waals surface area contributed by atoms with Crippen molar-refractivity contribution in [3.05, 3.63) is 51.1 Å². The number of aromatic nitrogens is 1. The first-order valence-corrected chi connectivity index (χ1v) is 13.4. The van der Waals surface area contributed by atoms with Gasteiger partial charge >= 0.3 is 5.97 Å². The number of carbonyl (C=O) groups excluding carboxylic acids is 2. The van der Waals surface area contributed by atoms with Gasteiger partial charge in [-0.15, -0.1) is 0 Å². The summed E-state index contributed by atoms with van der Waals surface area (Å²) in [6.07, 6.45) is 4.05. The van der Waals surface area contributed by atoms with Gasteiger partial charge in [0.2, 0.25) is 5.91 Å². The zero-order chi connectivity index (χ0) is 26.0. The largest absolute Gasteiger partial charge is 0.507 e. The van der Waals surface area contributed by atoms with Gasteiger partial charge in [0.1, 0.15) is 17.1 Å². The van der Waals surface area contributed by atoms with Crippen molar-refractivity contribution in [2.45, 2.75) is 45.4 Å². The molecule has 1 heterocycles. The number of halogens is 1. The average Bonchev–Trinajstić information content (AvgIpc) is 3.62. The number of benzene rings is 2. The standard InChI is InChI=1S/C28H31IN2O5/c1-3-11-31(16-17-7-8-17)25(34)10-9-20(32)13-18-5-4-6-19(12-18)27-26(29)21-14-22(28(35)36)24(33)15-23(21)30(27)2/h4-6,12,14-15,17,33H,3,7-11,13,16H2,1-2H3,(H,35,36). The number of hydrogen-bond acceptors (Lipinski definition) is 4. The van der Waals surface area contributed by atoms with Gasteiger partial charge in [0.25, 0.3) is 0 Å². The number of ketones is 1. The number of aromatic carboxylic acids is 1. The van der Waals surface area contributed by atoms with E-state index in [0.717, 1.165) is 50.8 Å². The number of amides is 1. The number of aryl methyl sites for hydroxylation is 1. The Morgan fingerprint density at radius 2 is 1.89 bits per heavy atom. The fraction of sp³-hybridized carbons (Fsp3) is 0.393. The smallest absolute Gasteiger partial charge is 0.339 e. The van der Waals surface area contributed by atoms with Gasteiger partial charge in [0, 0.05) is 54.4 Å². The number of rotatable bonds is 11. The number of hydrogen-bond donors (Lipinski definition) is 2. The fourth-order valence-corrected chi connectivity index (χ4v) is 5.77. The van der Waals surface area contributed by atoms with Crippen LogP contribution in [0.3, 0.4) is 0 Å². The van der Waals surface area contributed by atoms with E-state index in [4.69, 9.17) is 0 Å². The molecule has 1 saturated carbocycles. The van der Waals surface area contributed by atoms with Crippen molar-refractivity contribution in [3.8, 4) is 17.0 Å². The molecule has 2 aromatic carbocycles. The van der Waals surface area contributed by atoms with E-state index in [9.17, 15) is 24.6 Å². The van der Waals surface area contributed by atoms with Crippen LogP contribution in [0, 0.1) is 9.49 Å². The Labute approximate surface area is 224 Å². The van der Waals surface area contributed by atoms with Gasteiger partial charge in [0.15, 0.2) is 0 Å². The van der Waals surface area contributed by atoms with Gasteiger partial charge in [-0.1, -0.05) is 25.1 Å². The summed E-state index contributed by atoms with van der Waals surface area (Å²) < 4.78 is 2.79. The van der Waals surface area contributed by atoms with E-state index < -0.39 is 5.97 Å². The molecule has 0 saturated heterocycles. The summed E-state index contributed by atoms with van der Waals surface area (Å²) in [6.45, 7) is 3.63. The second-order valence-electron chi connectivity index (χ2n) is 9.61. The highest BCUT2D eigenvalue weighted by atomic mass is 127. The lowest BCUT2D eigenvalue weighted by Crippen LogP contribution is -2.33. The molecule has 7 nitrogen and oxygen atoms in total. The molecule has 8 heteroatoms. The van der Waals surface area contributed by atoms with E-state index in [-0.39, 0.29) is 42.3 Å². The molecular formula is C28H31IN2O5. The van der Waals surface area contributed by atoms with Crippen LogP contribution in [0.25, 0.3) is 22.2 Å². The monoisotopic (exact) mass is 602 g/mol. The Kier molecular flexibility index (Phi) is 8.02. The predicted molar refractivity (Wildman–Crippen MR) is 147 cm³/mol. The number of carboxylic acid groups (broad SMARTS) is 1. The van der Waals surface area contributed by atoms with Gasteiger partial charge in [-0.25, -0.2) is 4.79 Å². The quantitative estimate of drug-likeness (QED) is 0.287. The first-order chi connectivity index (χ1) is 17.2. The van der Waals surface area contributed by atoms with E-state index in [1.54, 1.807) is 0 Å². The minimum Gasteiger partial charge on any atom is -0.507 e. The van der Waals surface area contributed by atoms with E-state index in [2.05, 4.69) is 29.5 Å². The summed E-state index contributed by atoms with van der Waals surface area (Å²) in [5.74, 6) is -0.719. The molecule has 2 N–H and O–H groups in total. The Morgan fingerprint density at radius 1 is 1.14 bits per heavy atom. The molecule has 1 fully saturated rings. The van der Waals surface area contributed by atoms with Crippen molar-refractivity contribution < 1.29 is 24.6 Å². The summed E-state index contributed by atoms with van der Waals surface area (Å²) in [7, 11) is 1.87. The van der Waals surface area contributed by atoms with Gasteiger partial charge in [-0.3, -0.25) is 9.59 Å². The maximum Gasteiger partial charge on any atom is 0.339 e. The Balaban J connectivity index is 1.49. The second-order valence-corrected chi connectivity index (χ2v) is 10.7. The van der Waals surface area contributed by atoms with Crippen LogP contribution < -0.4 is 0 Å². The highest BCUT2D eigenvalue weighted by Crippen LogP contribution is 2.37. The van der Waals surface area contributed by atoms with Crippen LogP contribution in [-0.2, 0) is 23.1 Å². The van der Waals surface area contributed by atoms with Crippen molar-refractivity contribution in [1.29, 1.82) is 0 Å². The van der Waals surface area contributed by atoms with E-state index in [1.165, 1.54) is 25.0 Å². The molecule has 0 unspecified atom stereocenters. The zero-order valence-electron chi connectivity index (χ0n) is 20.6. The van der Waals surface area contributed by atoms with Gasteiger partial charge < -0.3 is 19.7 Å². The molecular weight excluding hydrogens is 571 g/mol. The van der Waals surface area contributed by atoms with Crippen molar-refractivity contribution >= 4 is 51.2 Å². The summed E-state index contributed by atoms with van der Waals surface area (Å²) in [6, 6.07) is 10.7. The molecule has 1 aliphatic rings. The SMILES string of the molecule is CCCN(CC1CC1)C(=O)CCC(=O)Cc1cccc(-c2c(I)c3cc(C(=O)O)c(O)cc3n2C)c1. The van der Waals surface area contributed by atoms with Gasteiger partial charge in [-0.05, 0) is 71.0 Å². The minimum atomic E-state index is -1.18. The molecule has 0 bridgehead atoms. The van der Waals surface area contributed by atoms with Crippen LogP contribution in [0.15, 0.2) is 36.4 Å². The topological polar surface area (TPSA) is 99.8 Å². The van der Waals surface area contributed by atoms with Crippen molar-refractivity contribution in [3.63, 3.8) is 0 Å². The molecule has 1 aromatic heterocycles. The molecule has 1 aliphatic carbocycles. The van der Waals surface area contributed by atoms with Gasteiger partial charge in [0.05, 0.1) is 11.2 Å². The lowest BCUT2D eigenvalue weighted by atomic mass is 10.0. The average molecular weight is 602 g/mol. The molecule has 190 valence electrons. The summed E-state index contributed by atoms with van der Waals surface area (Å²) in [4.78, 5) is 38.8. The van der Waals surface area contributed by atoms with E-state index in [1.807, 2.05) is 40.8 Å². The van der Waals surface area contributed by atoms with Crippen LogP contribution in [0.1, 0.15) is 54.9 Å². The maximum absolute atomic E-state index is 12.7. The van der Waals surface area contributed by atoms with Crippen LogP contribution in [0.4, 0.5) is 0 Å². The van der Waals surface area contributed by atoms with Gasteiger partial charge in [-0.2, -0.15) is 0 Å². The summed E-state index contributed by atoms with van der Waals surface area (Å²) >= 11 is 2.19.